The topological polar surface area (TPSA) is 85.2 Å². The van der Waals surface area contributed by atoms with Gasteiger partial charge in [0.05, 0.1) is 12.7 Å². The van der Waals surface area contributed by atoms with Crippen molar-refractivity contribution in [3.8, 4) is 0 Å². The van der Waals surface area contributed by atoms with Crippen LogP contribution in [0.1, 0.15) is 44.3 Å². The second-order valence-corrected chi connectivity index (χ2v) is 9.10. The molecule has 12 heteroatoms. The van der Waals surface area contributed by atoms with Gasteiger partial charge in [-0.3, -0.25) is 10.1 Å². The number of Topliss-reactive ketones (excluding diaryl/α,β-unsaturated/α-hetero) is 1. The number of rotatable bonds is 6. The van der Waals surface area contributed by atoms with Gasteiger partial charge in [-0.1, -0.05) is 6.07 Å². The van der Waals surface area contributed by atoms with E-state index < -0.39 is 47.3 Å². The molecular weight excluding hydrogens is 463 g/mol. The van der Waals surface area contributed by atoms with Crippen LogP contribution in [0.2, 0.25) is 0 Å². The predicted molar refractivity (Wildman–Crippen MR) is 111 cm³/mol. The van der Waals surface area contributed by atoms with E-state index in [1.165, 1.54) is 10.6 Å². The smallest absolute Gasteiger partial charge is 0.434 e. The molecule has 186 valence electrons. The van der Waals surface area contributed by atoms with E-state index >= 15 is 0 Å². The molecule has 0 aliphatic carbocycles. The average Bonchev–Trinajstić information content (AvgIpc) is 3.13. The summed E-state index contributed by atoms with van der Waals surface area (Å²) in [6.45, 7) is 4.93. The minimum Gasteiger partial charge on any atom is -0.444 e. The zero-order valence-electron chi connectivity index (χ0n) is 18.8. The minimum atomic E-state index is -4.60. The molecule has 7 nitrogen and oxygen atoms in total. The zero-order valence-corrected chi connectivity index (χ0v) is 18.8. The van der Waals surface area contributed by atoms with Crippen LogP contribution in [0.5, 0.6) is 0 Å². The summed E-state index contributed by atoms with van der Waals surface area (Å²) in [5.41, 5.74) is -1.51. The van der Waals surface area contributed by atoms with Crippen LogP contribution in [0, 0.1) is 11.6 Å². The van der Waals surface area contributed by atoms with Crippen LogP contribution in [0.25, 0.3) is 0 Å². The molecule has 1 aliphatic rings. The van der Waals surface area contributed by atoms with E-state index in [0.717, 1.165) is 18.3 Å². The Labute approximate surface area is 192 Å². The van der Waals surface area contributed by atoms with Crippen LogP contribution in [0.4, 0.5) is 26.7 Å². The molecule has 0 saturated heterocycles. The standard InChI is InChI=1S/C22H25F5N4O3/c1-21(2,3)34-20(33)29-13(6-12-4-5-14(23)15(24)7-12)8-17(32)16-9-19-30-18(22(25,26)27)10-31(19)11-28-16/h4-5,7,10,13,16,28H,6,8-9,11H2,1-3H3,(H,29,33). The number of nitrogens with one attached hydrogen (secondary N) is 2. The summed E-state index contributed by atoms with van der Waals surface area (Å²) in [6.07, 6.45) is -4.81. The number of carbonyl (C=O) groups is 2. The molecule has 2 N–H and O–H groups in total. The number of fused-ring (bicyclic) bond motifs is 1. The summed E-state index contributed by atoms with van der Waals surface area (Å²) in [6, 6.07) is 1.58. The summed E-state index contributed by atoms with van der Waals surface area (Å²) in [7, 11) is 0. The molecule has 2 atom stereocenters. The van der Waals surface area contributed by atoms with Crippen LogP contribution >= 0.6 is 0 Å². The maximum absolute atomic E-state index is 13.6. The molecule has 0 saturated carbocycles. The van der Waals surface area contributed by atoms with E-state index in [0.29, 0.717) is 5.56 Å². The number of benzene rings is 1. The normalized spacial score (nSPS) is 17.1. The maximum Gasteiger partial charge on any atom is 0.434 e. The molecule has 2 unspecified atom stereocenters. The van der Waals surface area contributed by atoms with Crippen LogP contribution in [-0.4, -0.2) is 39.1 Å². The Balaban J connectivity index is 1.72. The Kier molecular flexibility index (Phi) is 7.29. The van der Waals surface area contributed by atoms with Gasteiger partial charge in [0.1, 0.15) is 11.4 Å². The Bertz CT molecular complexity index is 1060. The number of alkyl halides is 3. The predicted octanol–water partition coefficient (Wildman–Crippen LogP) is 3.75. The lowest BCUT2D eigenvalue weighted by Gasteiger charge is -2.27. The summed E-state index contributed by atoms with van der Waals surface area (Å²) in [5.74, 6) is -2.37. The average molecular weight is 488 g/mol. The Morgan fingerprint density at radius 1 is 1.24 bits per heavy atom. The van der Waals surface area contributed by atoms with E-state index in [1.807, 2.05) is 0 Å². The first-order valence-corrected chi connectivity index (χ1v) is 10.5. The van der Waals surface area contributed by atoms with Gasteiger partial charge in [0.15, 0.2) is 23.1 Å². The van der Waals surface area contributed by atoms with Gasteiger partial charge >= 0.3 is 12.3 Å². The lowest BCUT2D eigenvalue weighted by molar-refractivity contribution is -0.141. The van der Waals surface area contributed by atoms with Crippen molar-refractivity contribution < 1.29 is 36.3 Å². The number of hydrogen-bond donors (Lipinski definition) is 2. The highest BCUT2D eigenvalue weighted by atomic mass is 19.4. The first-order chi connectivity index (χ1) is 15.7. The van der Waals surface area contributed by atoms with Crippen molar-refractivity contribution in [2.24, 2.45) is 0 Å². The van der Waals surface area contributed by atoms with Crippen molar-refractivity contribution in [3.05, 3.63) is 53.1 Å². The molecular formula is C22H25F5N4O3. The Hall–Kier alpha value is -3.02. The van der Waals surface area contributed by atoms with Crippen molar-refractivity contribution in [1.82, 2.24) is 20.2 Å². The summed E-state index contributed by atoms with van der Waals surface area (Å²) < 4.78 is 72.2. The number of ether oxygens (including phenoxy) is 1. The molecule has 2 heterocycles. The molecule has 1 amide bonds. The van der Waals surface area contributed by atoms with Crippen molar-refractivity contribution in [1.29, 1.82) is 0 Å². The number of nitrogens with zero attached hydrogens (tertiary/aromatic N) is 2. The van der Waals surface area contributed by atoms with E-state index in [-0.39, 0.29) is 37.5 Å². The maximum atomic E-state index is 13.6. The van der Waals surface area contributed by atoms with Crippen molar-refractivity contribution in [2.45, 2.75) is 70.6 Å². The van der Waals surface area contributed by atoms with Crippen molar-refractivity contribution >= 4 is 11.9 Å². The molecule has 1 aliphatic heterocycles. The fraction of sp³-hybridized carbons (Fsp3) is 0.500. The molecule has 3 rings (SSSR count). The number of imidazole rings is 1. The van der Waals surface area contributed by atoms with Crippen LogP contribution in [0.15, 0.2) is 24.4 Å². The molecule has 0 bridgehead atoms. The molecule has 1 aromatic carbocycles. The highest BCUT2D eigenvalue weighted by Gasteiger charge is 2.37. The van der Waals surface area contributed by atoms with E-state index in [4.69, 9.17) is 4.74 Å². The number of ketones is 1. The van der Waals surface area contributed by atoms with E-state index in [2.05, 4.69) is 15.6 Å². The fourth-order valence-electron chi connectivity index (χ4n) is 3.57. The van der Waals surface area contributed by atoms with E-state index in [1.54, 1.807) is 20.8 Å². The molecule has 1 aromatic heterocycles. The molecule has 0 spiro atoms. The van der Waals surface area contributed by atoms with Gasteiger partial charge in [0.2, 0.25) is 0 Å². The molecule has 34 heavy (non-hydrogen) atoms. The lowest BCUT2D eigenvalue weighted by Crippen LogP contribution is -2.48. The monoisotopic (exact) mass is 488 g/mol. The van der Waals surface area contributed by atoms with Gasteiger partial charge < -0.3 is 14.6 Å². The first kappa shape index (κ1) is 25.6. The summed E-state index contributed by atoms with van der Waals surface area (Å²) in [4.78, 5) is 28.8. The second kappa shape index (κ2) is 9.69. The highest BCUT2D eigenvalue weighted by molar-refractivity contribution is 5.85. The third kappa shape index (κ3) is 6.75. The Morgan fingerprint density at radius 2 is 1.94 bits per heavy atom. The third-order valence-corrected chi connectivity index (χ3v) is 5.07. The van der Waals surface area contributed by atoms with Crippen LogP contribution in [-0.2, 0) is 35.2 Å². The fourth-order valence-corrected chi connectivity index (χ4v) is 3.57. The first-order valence-electron chi connectivity index (χ1n) is 10.5. The third-order valence-electron chi connectivity index (χ3n) is 5.07. The van der Waals surface area contributed by atoms with Gasteiger partial charge in [-0.05, 0) is 44.9 Å². The molecule has 0 radical (unpaired) electrons. The summed E-state index contributed by atoms with van der Waals surface area (Å²) in [5, 5.41) is 5.44. The number of aromatic nitrogens is 2. The number of amides is 1. The zero-order chi connectivity index (χ0) is 25.3. The minimum absolute atomic E-state index is 0.00174. The number of carbonyl (C=O) groups excluding carboxylic acids is 2. The number of halogens is 5. The second-order valence-electron chi connectivity index (χ2n) is 9.10. The number of alkyl carbamates (subject to hydrolysis) is 1. The van der Waals surface area contributed by atoms with Gasteiger partial charge in [-0.2, -0.15) is 13.2 Å². The SMILES string of the molecule is CC(C)(C)OC(=O)NC(CC(=O)C1Cc2nc(C(F)(F)F)cn2CN1)Cc1ccc(F)c(F)c1. The van der Waals surface area contributed by atoms with Crippen LogP contribution in [0.3, 0.4) is 0 Å². The molecule has 0 fully saturated rings. The largest absolute Gasteiger partial charge is 0.444 e. The highest BCUT2D eigenvalue weighted by Crippen LogP contribution is 2.29. The van der Waals surface area contributed by atoms with Gasteiger partial charge in [0, 0.05) is 25.1 Å². The quantitative estimate of drug-likeness (QED) is 0.606. The van der Waals surface area contributed by atoms with Gasteiger partial charge in [-0.25, -0.2) is 18.6 Å². The van der Waals surface area contributed by atoms with Crippen molar-refractivity contribution in [3.63, 3.8) is 0 Å². The van der Waals surface area contributed by atoms with Gasteiger partial charge in [-0.15, -0.1) is 0 Å². The van der Waals surface area contributed by atoms with E-state index in [9.17, 15) is 31.5 Å². The summed E-state index contributed by atoms with van der Waals surface area (Å²) >= 11 is 0. The lowest BCUT2D eigenvalue weighted by atomic mass is 9.96. The number of hydrogen-bond acceptors (Lipinski definition) is 5. The Morgan fingerprint density at radius 3 is 2.56 bits per heavy atom. The van der Waals surface area contributed by atoms with Gasteiger partial charge in [0.25, 0.3) is 0 Å². The molecule has 2 aromatic rings. The van der Waals surface area contributed by atoms with Crippen LogP contribution < -0.4 is 10.6 Å². The van der Waals surface area contributed by atoms with Crippen molar-refractivity contribution in [2.75, 3.05) is 0 Å².